The average Bonchev–Trinajstić information content (AvgIpc) is 2.30. The van der Waals surface area contributed by atoms with Crippen LogP contribution in [0.2, 0.25) is 0 Å². The largest absolute Gasteiger partial charge is 0.478 e. The maximum atomic E-state index is 5.82. The Labute approximate surface area is 102 Å². The maximum absolute atomic E-state index is 5.82. The number of rotatable bonds is 0. The molecule has 0 bridgehead atoms. The third kappa shape index (κ3) is 1.77. The molecule has 0 atom stereocenters. The van der Waals surface area contributed by atoms with Crippen molar-refractivity contribution in [1.82, 2.24) is 9.80 Å². The van der Waals surface area contributed by atoms with E-state index >= 15 is 0 Å². The Morgan fingerprint density at radius 2 is 1.76 bits per heavy atom. The summed E-state index contributed by atoms with van der Waals surface area (Å²) in [5, 5.41) is 0. The molecule has 2 heterocycles. The summed E-state index contributed by atoms with van der Waals surface area (Å²) in [4.78, 5) is 4.32. The van der Waals surface area contributed by atoms with Crippen LogP contribution in [0.1, 0.15) is 16.7 Å². The van der Waals surface area contributed by atoms with Gasteiger partial charge in [0.2, 0.25) is 0 Å². The highest BCUT2D eigenvalue weighted by atomic mass is 16.5. The molecule has 2 aliphatic heterocycles. The van der Waals surface area contributed by atoms with Gasteiger partial charge in [0.25, 0.3) is 0 Å². The molecule has 0 unspecified atom stereocenters. The molecule has 0 fully saturated rings. The van der Waals surface area contributed by atoms with Crippen molar-refractivity contribution in [2.75, 3.05) is 27.6 Å². The molecule has 0 amide bonds. The van der Waals surface area contributed by atoms with E-state index in [-0.39, 0.29) is 0 Å². The van der Waals surface area contributed by atoms with Crippen LogP contribution in [0.3, 0.4) is 0 Å². The summed E-state index contributed by atoms with van der Waals surface area (Å²) in [6, 6.07) is 2.14. The van der Waals surface area contributed by atoms with Crippen LogP contribution in [0.5, 0.6) is 11.5 Å². The number of benzene rings is 1. The third-order valence-electron chi connectivity index (χ3n) is 3.43. The van der Waals surface area contributed by atoms with E-state index in [1.807, 2.05) is 0 Å². The molecule has 4 heteroatoms. The first kappa shape index (κ1) is 10.9. The van der Waals surface area contributed by atoms with Crippen LogP contribution in [0, 0.1) is 6.92 Å². The summed E-state index contributed by atoms with van der Waals surface area (Å²) in [7, 11) is 4.13. The summed E-state index contributed by atoms with van der Waals surface area (Å²) in [5.41, 5.74) is 3.73. The number of nitrogens with zero attached hydrogens (tertiary/aromatic N) is 2. The average molecular weight is 234 g/mol. The van der Waals surface area contributed by atoms with Gasteiger partial charge in [-0.1, -0.05) is 0 Å². The smallest absolute Gasteiger partial charge is 0.142 e. The van der Waals surface area contributed by atoms with Crippen LogP contribution < -0.4 is 9.47 Å². The lowest BCUT2D eigenvalue weighted by Crippen LogP contribution is -2.32. The lowest BCUT2D eigenvalue weighted by molar-refractivity contribution is 0.109. The standard InChI is InChI=1S/C13H18N2O2/c1-9-11-6-15(3)7-16-12(11)4-10-5-14(2)8-17-13(9)10/h4H,5-8H2,1-3H3. The van der Waals surface area contributed by atoms with Crippen molar-refractivity contribution < 1.29 is 9.47 Å². The zero-order valence-corrected chi connectivity index (χ0v) is 10.6. The summed E-state index contributed by atoms with van der Waals surface area (Å²) in [5.74, 6) is 2.08. The second kappa shape index (κ2) is 3.89. The van der Waals surface area contributed by atoms with Crippen LogP contribution >= 0.6 is 0 Å². The Balaban J connectivity index is 2.08. The minimum absolute atomic E-state index is 0.669. The molecule has 17 heavy (non-hydrogen) atoms. The summed E-state index contributed by atoms with van der Waals surface area (Å²) >= 11 is 0. The van der Waals surface area contributed by atoms with Gasteiger partial charge in [0.1, 0.15) is 25.0 Å². The molecule has 0 aliphatic carbocycles. The van der Waals surface area contributed by atoms with Crippen molar-refractivity contribution >= 4 is 0 Å². The first-order valence-corrected chi connectivity index (χ1v) is 5.93. The first-order valence-electron chi connectivity index (χ1n) is 5.93. The van der Waals surface area contributed by atoms with E-state index in [4.69, 9.17) is 9.47 Å². The van der Waals surface area contributed by atoms with E-state index in [2.05, 4.69) is 36.9 Å². The van der Waals surface area contributed by atoms with Gasteiger partial charge < -0.3 is 9.47 Å². The SMILES string of the molecule is Cc1c2c(cc3c1OCN(C)C3)OCN(C)C2. The molecule has 2 aliphatic rings. The maximum Gasteiger partial charge on any atom is 0.142 e. The van der Waals surface area contributed by atoms with Crippen LogP contribution in [0.25, 0.3) is 0 Å². The van der Waals surface area contributed by atoms with Crippen molar-refractivity contribution in [3.05, 3.63) is 22.8 Å². The summed E-state index contributed by atoms with van der Waals surface area (Å²) in [6.07, 6.45) is 0. The van der Waals surface area contributed by atoms with Crippen molar-refractivity contribution in [2.24, 2.45) is 0 Å². The Hall–Kier alpha value is -1.26. The quantitative estimate of drug-likeness (QED) is 0.680. The van der Waals surface area contributed by atoms with Crippen molar-refractivity contribution in [2.45, 2.75) is 20.0 Å². The second-order valence-corrected chi connectivity index (χ2v) is 5.04. The van der Waals surface area contributed by atoms with Gasteiger partial charge in [-0.2, -0.15) is 0 Å². The van der Waals surface area contributed by atoms with Crippen LogP contribution in [0.4, 0.5) is 0 Å². The fourth-order valence-corrected chi connectivity index (χ4v) is 2.52. The Morgan fingerprint density at radius 3 is 2.59 bits per heavy atom. The second-order valence-electron chi connectivity index (χ2n) is 5.04. The van der Waals surface area contributed by atoms with Gasteiger partial charge in [-0.25, -0.2) is 0 Å². The predicted octanol–water partition coefficient (Wildman–Crippen LogP) is 1.56. The topological polar surface area (TPSA) is 24.9 Å². The van der Waals surface area contributed by atoms with E-state index in [0.29, 0.717) is 13.5 Å². The van der Waals surface area contributed by atoms with E-state index in [0.717, 1.165) is 24.6 Å². The van der Waals surface area contributed by atoms with Crippen molar-refractivity contribution in [3.63, 3.8) is 0 Å². The van der Waals surface area contributed by atoms with Gasteiger partial charge in [0.15, 0.2) is 0 Å². The number of fused-ring (bicyclic) bond motifs is 2. The molecule has 4 nitrogen and oxygen atoms in total. The Bertz CT molecular complexity index is 459. The van der Waals surface area contributed by atoms with Crippen molar-refractivity contribution in [3.8, 4) is 11.5 Å². The molecule has 0 aromatic heterocycles. The van der Waals surface area contributed by atoms with Gasteiger partial charge in [-0.15, -0.1) is 0 Å². The summed E-state index contributed by atoms with van der Waals surface area (Å²) < 4.78 is 11.6. The monoisotopic (exact) mass is 234 g/mol. The molecule has 3 rings (SSSR count). The minimum Gasteiger partial charge on any atom is -0.478 e. The molecule has 0 spiro atoms. The number of hydrogen-bond donors (Lipinski definition) is 0. The minimum atomic E-state index is 0.669. The zero-order valence-electron chi connectivity index (χ0n) is 10.6. The summed E-state index contributed by atoms with van der Waals surface area (Å²) in [6.45, 7) is 5.34. The molecule has 0 saturated carbocycles. The van der Waals surface area contributed by atoms with Crippen molar-refractivity contribution in [1.29, 1.82) is 0 Å². The van der Waals surface area contributed by atoms with Crippen LogP contribution in [-0.2, 0) is 13.1 Å². The normalized spacial score (nSPS) is 20.2. The highest BCUT2D eigenvalue weighted by Crippen LogP contribution is 2.38. The highest BCUT2D eigenvalue weighted by molar-refractivity contribution is 5.54. The molecular formula is C13H18N2O2. The van der Waals surface area contributed by atoms with Gasteiger partial charge >= 0.3 is 0 Å². The van der Waals surface area contributed by atoms with Gasteiger partial charge in [-0.3, -0.25) is 9.80 Å². The molecular weight excluding hydrogens is 216 g/mol. The Morgan fingerprint density at radius 1 is 1.06 bits per heavy atom. The van der Waals surface area contributed by atoms with Crippen LogP contribution in [0.15, 0.2) is 6.07 Å². The van der Waals surface area contributed by atoms with Gasteiger partial charge in [-0.05, 0) is 32.6 Å². The van der Waals surface area contributed by atoms with E-state index in [1.54, 1.807) is 0 Å². The molecule has 1 aromatic carbocycles. The number of ether oxygens (including phenoxy) is 2. The lowest BCUT2D eigenvalue weighted by atomic mass is 10.00. The van der Waals surface area contributed by atoms with E-state index < -0.39 is 0 Å². The third-order valence-corrected chi connectivity index (χ3v) is 3.43. The molecule has 0 saturated heterocycles. The highest BCUT2D eigenvalue weighted by Gasteiger charge is 2.24. The molecule has 1 aromatic rings. The molecule has 0 radical (unpaired) electrons. The lowest BCUT2D eigenvalue weighted by Gasteiger charge is -2.32. The fourth-order valence-electron chi connectivity index (χ4n) is 2.52. The Kier molecular flexibility index (Phi) is 2.49. The number of hydrogen-bond acceptors (Lipinski definition) is 4. The predicted molar refractivity (Wildman–Crippen MR) is 65.1 cm³/mol. The van der Waals surface area contributed by atoms with E-state index in [1.165, 1.54) is 16.7 Å². The molecule has 92 valence electrons. The zero-order chi connectivity index (χ0) is 12.0. The van der Waals surface area contributed by atoms with Gasteiger partial charge in [0, 0.05) is 24.2 Å². The van der Waals surface area contributed by atoms with Crippen LogP contribution in [-0.4, -0.2) is 37.4 Å². The van der Waals surface area contributed by atoms with Gasteiger partial charge in [0.05, 0.1) is 0 Å². The fraction of sp³-hybridized carbons (Fsp3) is 0.538. The van der Waals surface area contributed by atoms with E-state index in [9.17, 15) is 0 Å². The molecule has 0 N–H and O–H groups in total. The first-order chi connectivity index (χ1) is 8.15.